The Morgan fingerprint density at radius 3 is 2.95 bits per heavy atom. The number of carbonyl (C=O) groups excluding carboxylic acids is 1. The zero-order valence-corrected chi connectivity index (χ0v) is 12.2. The summed E-state index contributed by atoms with van der Waals surface area (Å²) < 4.78 is 1.80. The predicted molar refractivity (Wildman–Crippen MR) is 83.1 cm³/mol. The third kappa shape index (κ3) is 2.69. The molecule has 1 aliphatic heterocycles. The molecule has 4 N–H and O–H groups in total. The van der Waals surface area contributed by atoms with Crippen LogP contribution in [0.15, 0.2) is 18.3 Å². The number of nitrogens with zero attached hydrogens (tertiary/aromatic N) is 2. The van der Waals surface area contributed by atoms with Gasteiger partial charge in [0.05, 0.1) is 17.1 Å². The number of nitrogens with one attached hydrogen (secondary N) is 2. The van der Waals surface area contributed by atoms with Gasteiger partial charge >= 0.3 is 0 Å². The Morgan fingerprint density at radius 1 is 1.43 bits per heavy atom. The predicted octanol–water partition coefficient (Wildman–Crippen LogP) is 1.81. The number of aromatic nitrogens is 2. The Labute approximate surface area is 123 Å². The number of amides is 1. The van der Waals surface area contributed by atoms with Gasteiger partial charge in [0.25, 0.3) is 0 Å². The second-order valence-electron chi connectivity index (χ2n) is 5.41. The number of benzene rings is 1. The Balaban J connectivity index is 1.80. The molecule has 0 saturated carbocycles. The van der Waals surface area contributed by atoms with Crippen LogP contribution in [0, 0.1) is 6.92 Å². The van der Waals surface area contributed by atoms with Gasteiger partial charge in [-0.1, -0.05) is 0 Å². The largest absolute Gasteiger partial charge is 0.397 e. The highest BCUT2D eigenvalue weighted by molar-refractivity contribution is 5.95. The van der Waals surface area contributed by atoms with Gasteiger partial charge in [0.2, 0.25) is 5.91 Å². The van der Waals surface area contributed by atoms with Crippen LogP contribution < -0.4 is 16.4 Å². The zero-order chi connectivity index (χ0) is 15.0. The lowest BCUT2D eigenvalue weighted by Gasteiger charge is -2.19. The average Bonchev–Trinajstić information content (AvgIpc) is 2.74. The molecule has 0 unspecified atom stereocenters. The lowest BCUT2D eigenvalue weighted by Crippen LogP contribution is -2.19. The summed E-state index contributed by atoms with van der Waals surface area (Å²) >= 11 is 0. The van der Waals surface area contributed by atoms with Crippen molar-refractivity contribution in [2.24, 2.45) is 7.05 Å². The maximum Gasteiger partial charge on any atom is 0.224 e. The van der Waals surface area contributed by atoms with E-state index in [-0.39, 0.29) is 5.91 Å². The number of carbonyl (C=O) groups is 1. The first-order valence-corrected chi connectivity index (χ1v) is 6.98. The molecular weight excluding hydrogens is 266 g/mol. The molecule has 0 atom stereocenters. The normalized spacial score (nSPS) is 13.7. The fourth-order valence-electron chi connectivity index (χ4n) is 2.61. The molecule has 0 spiro atoms. The van der Waals surface area contributed by atoms with Gasteiger partial charge in [-0.05, 0) is 31.0 Å². The molecule has 6 nitrogen and oxygen atoms in total. The van der Waals surface area contributed by atoms with Crippen molar-refractivity contribution in [3.05, 3.63) is 35.2 Å². The Hall–Kier alpha value is -2.50. The van der Waals surface area contributed by atoms with E-state index in [0.717, 1.165) is 34.6 Å². The van der Waals surface area contributed by atoms with Gasteiger partial charge in [-0.15, -0.1) is 0 Å². The van der Waals surface area contributed by atoms with Crippen molar-refractivity contribution in [3.63, 3.8) is 0 Å². The van der Waals surface area contributed by atoms with E-state index in [4.69, 9.17) is 5.73 Å². The second kappa shape index (κ2) is 5.12. The summed E-state index contributed by atoms with van der Waals surface area (Å²) in [6, 6.07) is 3.85. The van der Waals surface area contributed by atoms with Gasteiger partial charge in [-0.2, -0.15) is 5.10 Å². The highest BCUT2D eigenvalue weighted by Crippen LogP contribution is 2.31. The molecule has 1 aliphatic rings. The molecule has 21 heavy (non-hydrogen) atoms. The van der Waals surface area contributed by atoms with E-state index in [9.17, 15) is 4.79 Å². The molecule has 2 heterocycles. The lowest BCUT2D eigenvalue weighted by molar-refractivity contribution is -0.116. The Kier molecular flexibility index (Phi) is 3.29. The van der Waals surface area contributed by atoms with Gasteiger partial charge in [-0.25, -0.2) is 0 Å². The second-order valence-corrected chi connectivity index (χ2v) is 5.41. The van der Waals surface area contributed by atoms with Crippen LogP contribution in [0.3, 0.4) is 0 Å². The summed E-state index contributed by atoms with van der Waals surface area (Å²) in [5.41, 5.74) is 11.7. The first kappa shape index (κ1) is 13.5. The van der Waals surface area contributed by atoms with E-state index >= 15 is 0 Å². The fourth-order valence-corrected chi connectivity index (χ4v) is 2.61. The molecule has 110 valence electrons. The number of fused-ring (bicyclic) bond motifs is 1. The maximum atomic E-state index is 11.4. The molecule has 0 bridgehead atoms. The highest BCUT2D eigenvalue weighted by Gasteiger charge is 2.16. The molecule has 3 rings (SSSR count). The topological polar surface area (TPSA) is 85.0 Å². The summed E-state index contributed by atoms with van der Waals surface area (Å²) in [4.78, 5) is 11.4. The van der Waals surface area contributed by atoms with Crippen molar-refractivity contribution < 1.29 is 4.79 Å². The fraction of sp³-hybridized carbons (Fsp3) is 0.333. The van der Waals surface area contributed by atoms with Crippen LogP contribution in [0.2, 0.25) is 0 Å². The Bertz CT molecular complexity index is 704. The average molecular weight is 285 g/mol. The SMILES string of the molecule is Cc1nn(C)cc1CNc1cc2c(cc1N)NC(=O)CC2. The molecule has 0 radical (unpaired) electrons. The number of anilines is 3. The third-order valence-corrected chi connectivity index (χ3v) is 3.76. The third-order valence-electron chi connectivity index (χ3n) is 3.76. The Morgan fingerprint density at radius 2 is 2.24 bits per heavy atom. The summed E-state index contributed by atoms with van der Waals surface area (Å²) in [7, 11) is 1.91. The van der Waals surface area contributed by atoms with Crippen molar-refractivity contribution in [1.29, 1.82) is 0 Å². The smallest absolute Gasteiger partial charge is 0.224 e. The number of nitrogens with two attached hydrogens (primary N) is 1. The monoisotopic (exact) mass is 285 g/mol. The van der Waals surface area contributed by atoms with Crippen molar-refractivity contribution >= 4 is 23.0 Å². The number of hydrogen-bond donors (Lipinski definition) is 3. The zero-order valence-electron chi connectivity index (χ0n) is 12.2. The molecular formula is C15H19N5O. The minimum atomic E-state index is 0.0496. The van der Waals surface area contributed by atoms with Gasteiger partial charge in [0.15, 0.2) is 0 Å². The van der Waals surface area contributed by atoms with E-state index in [2.05, 4.69) is 15.7 Å². The van der Waals surface area contributed by atoms with Crippen LogP contribution in [0.4, 0.5) is 17.1 Å². The summed E-state index contributed by atoms with van der Waals surface area (Å²) in [5.74, 6) is 0.0496. The first-order chi connectivity index (χ1) is 10.0. The van der Waals surface area contributed by atoms with Crippen molar-refractivity contribution in [1.82, 2.24) is 9.78 Å². The van der Waals surface area contributed by atoms with E-state index in [0.29, 0.717) is 18.7 Å². The molecule has 0 saturated heterocycles. The van der Waals surface area contributed by atoms with Gasteiger partial charge in [0.1, 0.15) is 0 Å². The minimum absolute atomic E-state index is 0.0496. The number of aryl methyl sites for hydroxylation is 3. The van der Waals surface area contributed by atoms with Crippen LogP contribution in [0.25, 0.3) is 0 Å². The molecule has 1 amide bonds. The maximum absolute atomic E-state index is 11.4. The van der Waals surface area contributed by atoms with Gasteiger partial charge in [-0.3, -0.25) is 9.48 Å². The molecule has 2 aromatic rings. The number of rotatable bonds is 3. The summed E-state index contributed by atoms with van der Waals surface area (Å²) in [5, 5.41) is 10.5. The van der Waals surface area contributed by atoms with E-state index < -0.39 is 0 Å². The summed E-state index contributed by atoms with van der Waals surface area (Å²) in [6.07, 6.45) is 3.28. The van der Waals surface area contributed by atoms with Crippen LogP contribution in [-0.4, -0.2) is 15.7 Å². The quantitative estimate of drug-likeness (QED) is 0.751. The van der Waals surface area contributed by atoms with Crippen LogP contribution >= 0.6 is 0 Å². The van der Waals surface area contributed by atoms with Gasteiger partial charge in [0, 0.05) is 37.5 Å². The lowest BCUT2D eigenvalue weighted by atomic mass is 10.0. The van der Waals surface area contributed by atoms with E-state index in [1.165, 1.54) is 0 Å². The molecule has 6 heteroatoms. The van der Waals surface area contributed by atoms with E-state index in [1.54, 1.807) is 4.68 Å². The highest BCUT2D eigenvalue weighted by atomic mass is 16.1. The molecule has 1 aromatic heterocycles. The molecule has 1 aromatic carbocycles. The number of nitrogen functional groups attached to an aromatic ring is 1. The standard InChI is InChI=1S/C15H19N5O/c1-9-11(8-20(2)19-9)7-17-14-5-10-3-4-15(21)18-13(10)6-12(14)16/h5-6,8,17H,3-4,7,16H2,1-2H3,(H,18,21). The number of hydrogen-bond acceptors (Lipinski definition) is 4. The van der Waals surface area contributed by atoms with Gasteiger partial charge < -0.3 is 16.4 Å². The van der Waals surface area contributed by atoms with Crippen molar-refractivity contribution in [3.8, 4) is 0 Å². The van der Waals surface area contributed by atoms with E-state index in [1.807, 2.05) is 32.3 Å². The van der Waals surface area contributed by atoms with Crippen LogP contribution in [0.1, 0.15) is 23.2 Å². The van der Waals surface area contributed by atoms with Crippen molar-refractivity contribution in [2.45, 2.75) is 26.3 Å². The minimum Gasteiger partial charge on any atom is -0.397 e. The van der Waals surface area contributed by atoms with Crippen molar-refractivity contribution in [2.75, 3.05) is 16.4 Å². The summed E-state index contributed by atoms with van der Waals surface area (Å²) in [6.45, 7) is 2.66. The molecule has 0 fully saturated rings. The first-order valence-electron chi connectivity index (χ1n) is 6.98. The molecule has 0 aliphatic carbocycles. The van der Waals surface area contributed by atoms with Crippen LogP contribution in [0.5, 0.6) is 0 Å². The van der Waals surface area contributed by atoms with Crippen LogP contribution in [-0.2, 0) is 24.8 Å².